The fraction of sp³-hybridized carbons (Fsp3) is 0.547. The van der Waals surface area contributed by atoms with Crippen molar-refractivity contribution in [3.8, 4) is 0 Å². The second-order valence-electron chi connectivity index (χ2n) is 18.4. The van der Waals surface area contributed by atoms with E-state index >= 15 is 0 Å². The Bertz CT molecular complexity index is 2460. The zero-order chi connectivity index (χ0) is 44.8. The van der Waals surface area contributed by atoms with E-state index in [1.807, 2.05) is 44.2 Å². The first-order valence-electron chi connectivity index (χ1n) is 23.3. The summed E-state index contributed by atoms with van der Waals surface area (Å²) in [6.45, 7) is 23.8. The van der Waals surface area contributed by atoms with Gasteiger partial charge in [0.05, 0.1) is 7.11 Å². The molecule has 5 heterocycles. The Balaban J connectivity index is 0.00000748. The Morgan fingerprint density at radius 1 is 0.873 bits per heavy atom. The third-order valence-corrected chi connectivity index (χ3v) is 14.1. The summed E-state index contributed by atoms with van der Waals surface area (Å²) in [5.74, 6) is -0.784. The monoisotopic (exact) mass is 867 g/mol. The van der Waals surface area contributed by atoms with E-state index < -0.39 is 17.9 Å². The molecule has 6 atom stereocenters. The quantitative estimate of drug-likeness (QED) is 0.0729. The summed E-state index contributed by atoms with van der Waals surface area (Å²) in [4.78, 5) is 42.4. The van der Waals surface area contributed by atoms with Crippen LogP contribution < -0.4 is 36.2 Å². The van der Waals surface area contributed by atoms with Gasteiger partial charge in [0.2, 0.25) is 0 Å². The number of nitrogens with zero attached hydrogens (tertiary/aromatic N) is 4. The van der Waals surface area contributed by atoms with Crippen LogP contribution in [0, 0.1) is 50.4 Å². The SMILES string of the molecule is C=Cc1c2[n-]c(c1C)/C=C1\[N-]C(C3=c4[n-]c(c(C)c4=C(O)[C@@H]3C(=O)OC)/C=c3\[n-]/c(c(C)c3CC)=C\2)[C@@H](CCC(=O)OC/C=C(\C)CCC[C@H](C)CCC[C@H](C)CCCC)[C@@H]1C.[Mg+2]. The van der Waals surface area contributed by atoms with Crippen molar-refractivity contribution < 1.29 is 24.2 Å². The number of rotatable bonds is 19. The molecule has 10 heteroatoms. The van der Waals surface area contributed by atoms with Crippen LogP contribution in [-0.4, -0.2) is 59.9 Å². The standard InChI is InChI=1S/C53H70N4O5.Mg/c1-12-15-18-30(4)19-16-20-31(5)21-17-22-32(6)25-26-62-46(58)24-23-39-35(9)42-27-40-33(7)37(13-2)44(54-40)28-41-34(8)38(14-3)45(55-41)29-43-36(10)47-51(57-43)48(50(39)56-42)49(52(47)59)53(60)61-11;/h13,25,27-31,35,39,49-50,59H,2,12,14-24,26H2,1,3-11H3;/q-4;+2/b32-25+,41-28-,42-27-,45-29-;/t30-,31-,35+,39+,49-,50?;/m1./s1. The zero-order valence-corrected chi connectivity index (χ0v) is 41.2. The van der Waals surface area contributed by atoms with Crippen LogP contribution in [-0.2, 0) is 25.5 Å². The Morgan fingerprint density at radius 2 is 1.54 bits per heavy atom. The molecule has 1 aliphatic carbocycles. The van der Waals surface area contributed by atoms with E-state index in [9.17, 15) is 14.7 Å². The molecule has 0 saturated carbocycles. The predicted octanol–water partition coefficient (Wildman–Crippen LogP) is 8.02. The van der Waals surface area contributed by atoms with Crippen molar-refractivity contribution in [2.75, 3.05) is 13.7 Å². The van der Waals surface area contributed by atoms with Gasteiger partial charge in [-0.25, -0.2) is 0 Å². The number of allylic oxidation sites excluding steroid dienone is 2. The third kappa shape index (κ3) is 10.9. The summed E-state index contributed by atoms with van der Waals surface area (Å²) >= 11 is 0. The molecule has 0 radical (unpaired) electrons. The topological polar surface area (TPSA) is 129 Å². The minimum atomic E-state index is -1.07. The first-order valence-corrected chi connectivity index (χ1v) is 23.3. The Kier molecular flexibility index (Phi) is 17.5. The second-order valence-corrected chi connectivity index (χ2v) is 18.4. The molecule has 0 aromatic carbocycles. The summed E-state index contributed by atoms with van der Waals surface area (Å²) < 4.78 is 11.1. The number of hydrogen-bond donors (Lipinski definition) is 1. The summed E-state index contributed by atoms with van der Waals surface area (Å²) in [5.41, 5.74) is 9.73. The predicted molar refractivity (Wildman–Crippen MR) is 257 cm³/mol. The van der Waals surface area contributed by atoms with Gasteiger partial charge < -0.3 is 34.8 Å². The molecular formula is C53H70MgN4O5-2. The van der Waals surface area contributed by atoms with Crippen molar-refractivity contribution in [2.45, 2.75) is 145 Å². The maximum absolute atomic E-state index is 13.6. The Hall–Kier alpha value is -4.15. The molecule has 336 valence electrons. The molecule has 0 amide bonds. The number of methoxy groups -OCH3 is 1. The zero-order valence-electron chi connectivity index (χ0n) is 39.8. The van der Waals surface area contributed by atoms with Crippen molar-refractivity contribution in [2.24, 2.45) is 29.6 Å². The van der Waals surface area contributed by atoms with Gasteiger partial charge in [0.25, 0.3) is 0 Å². The smallest absolute Gasteiger partial charge is 0.681 e. The number of aliphatic hydroxyl groups is 1. The van der Waals surface area contributed by atoms with Gasteiger partial charge in [-0.1, -0.05) is 150 Å². The largest absolute Gasteiger partial charge is 2.00 e. The summed E-state index contributed by atoms with van der Waals surface area (Å²) in [5, 5.41) is 20.0. The van der Waals surface area contributed by atoms with Crippen molar-refractivity contribution >= 4 is 70.6 Å². The molecular weight excluding hydrogens is 797 g/mol. The molecule has 3 aromatic heterocycles. The second kappa shape index (κ2) is 22.2. The molecule has 1 N–H and O–H groups in total. The molecule has 1 fully saturated rings. The molecule has 1 saturated heterocycles. The van der Waals surface area contributed by atoms with Crippen LogP contribution in [0.15, 0.2) is 23.9 Å². The molecule has 1 unspecified atom stereocenters. The Labute approximate surface area is 391 Å². The fourth-order valence-electron chi connectivity index (χ4n) is 10.0. The number of unbranched alkanes of at least 4 members (excludes halogenated alkanes) is 1. The third-order valence-electron chi connectivity index (χ3n) is 14.1. The van der Waals surface area contributed by atoms with Crippen molar-refractivity contribution in [1.29, 1.82) is 0 Å². The van der Waals surface area contributed by atoms with E-state index in [-0.39, 0.29) is 59.6 Å². The first-order chi connectivity index (χ1) is 29.7. The van der Waals surface area contributed by atoms with Gasteiger partial charge in [-0.3, -0.25) is 9.59 Å². The van der Waals surface area contributed by atoms with E-state index in [0.717, 1.165) is 86.7 Å². The van der Waals surface area contributed by atoms with E-state index in [4.69, 9.17) is 29.7 Å². The molecule has 3 aromatic rings. The van der Waals surface area contributed by atoms with Crippen LogP contribution in [0.5, 0.6) is 0 Å². The van der Waals surface area contributed by atoms with E-state index in [2.05, 4.69) is 55.0 Å². The molecule has 63 heavy (non-hydrogen) atoms. The maximum atomic E-state index is 13.6. The van der Waals surface area contributed by atoms with Crippen LogP contribution in [0.3, 0.4) is 0 Å². The maximum Gasteiger partial charge on any atom is 2.00 e. The van der Waals surface area contributed by atoms with Gasteiger partial charge in [0.1, 0.15) is 18.3 Å². The number of fused-ring (bicyclic) bond motifs is 8. The minimum Gasteiger partial charge on any atom is -0.681 e. The van der Waals surface area contributed by atoms with Gasteiger partial charge in [-0.05, 0) is 88.7 Å². The first kappa shape index (κ1) is 49.9. The average molecular weight is 867 g/mol. The number of carbonyl (C=O) groups is 2. The van der Waals surface area contributed by atoms with Crippen LogP contribution >= 0.6 is 0 Å². The molecule has 2 aliphatic heterocycles. The summed E-state index contributed by atoms with van der Waals surface area (Å²) in [7, 11) is 1.33. The number of carbonyl (C=O) groups excluding carboxylic acids is 2. The summed E-state index contributed by atoms with van der Waals surface area (Å²) in [6.07, 6.45) is 22.6. The average Bonchev–Trinajstić information content (AvgIpc) is 3.99. The molecule has 0 spiro atoms. The van der Waals surface area contributed by atoms with Crippen molar-refractivity contribution in [1.82, 2.24) is 15.0 Å². The number of hydrogen-bond acceptors (Lipinski definition) is 5. The number of ether oxygens (including phenoxy) is 2. The fourth-order valence-corrected chi connectivity index (χ4v) is 10.0. The van der Waals surface area contributed by atoms with E-state index in [1.165, 1.54) is 57.6 Å². The van der Waals surface area contributed by atoms with Crippen molar-refractivity contribution in [3.63, 3.8) is 0 Å². The molecule has 6 rings (SSSR count). The molecule has 9 nitrogen and oxygen atoms in total. The van der Waals surface area contributed by atoms with E-state index in [0.29, 0.717) is 28.3 Å². The van der Waals surface area contributed by atoms with Crippen LogP contribution in [0.1, 0.15) is 157 Å². The van der Waals surface area contributed by atoms with Crippen LogP contribution in [0.2, 0.25) is 0 Å². The van der Waals surface area contributed by atoms with Gasteiger partial charge >= 0.3 is 35.0 Å². The Morgan fingerprint density at radius 3 is 2.21 bits per heavy atom. The van der Waals surface area contributed by atoms with Crippen molar-refractivity contribution in [3.05, 3.63) is 95.4 Å². The minimum absolute atomic E-state index is 0. The normalized spacial score (nSPS) is 21.9. The van der Waals surface area contributed by atoms with E-state index in [1.54, 1.807) is 0 Å². The summed E-state index contributed by atoms with van der Waals surface area (Å²) in [6, 6.07) is -0.571. The van der Waals surface area contributed by atoms with Crippen LogP contribution in [0.25, 0.3) is 41.0 Å². The number of aromatic nitrogens is 3. The molecule has 8 bridgehead atoms. The van der Waals surface area contributed by atoms with Crippen LogP contribution in [0.4, 0.5) is 0 Å². The van der Waals surface area contributed by atoms with Gasteiger partial charge in [-0.15, -0.1) is 33.1 Å². The van der Waals surface area contributed by atoms with Gasteiger partial charge in [-0.2, -0.15) is 5.70 Å². The van der Waals surface area contributed by atoms with Gasteiger partial charge in [0.15, 0.2) is 0 Å². The van der Waals surface area contributed by atoms with Gasteiger partial charge in [0, 0.05) is 11.6 Å². The number of aliphatic hydroxyl groups excluding tert-OH is 1. The number of esters is 2. The molecule has 3 aliphatic rings.